The third-order valence-electron chi connectivity index (χ3n) is 5.43. The van der Waals surface area contributed by atoms with Gasteiger partial charge in [0.25, 0.3) is 0 Å². The van der Waals surface area contributed by atoms with Crippen LogP contribution in [0.1, 0.15) is 50.4 Å². The van der Waals surface area contributed by atoms with Crippen LogP contribution >= 0.6 is 0 Å². The van der Waals surface area contributed by atoms with E-state index in [-0.39, 0.29) is 17.5 Å². The van der Waals surface area contributed by atoms with E-state index < -0.39 is 11.9 Å². The number of halogens is 3. The van der Waals surface area contributed by atoms with Gasteiger partial charge < -0.3 is 15.0 Å². The smallest absolute Gasteiger partial charge is 0.434 e. The lowest BCUT2D eigenvalue weighted by molar-refractivity contribution is -0.140. The Labute approximate surface area is 208 Å². The fraction of sp³-hybridized carbons (Fsp3) is 0.296. The molecule has 0 atom stereocenters. The number of alkyl halides is 3. The highest BCUT2D eigenvalue weighted by atomic mass is 19.4. The van der Waals surface area contributed by atoms with E-state index in [0.717, 1.165) is 22.9 Å². The predicted molar refractivity (Wildman–Crippen MR) is 136 cm³/mol. The number of aryl methyl sites for hydroxylation is 1. The van der Waals surface area contributed by atoms with Crippen LogP contribution in [-0.2, 0) is 19.8 Å². The maximum absolute atomic E-state index is 12.9. The van der Waals surface area contributed by atoms with Crippen LogP contribution in [-0.4, -0.2) is 24.6 Å². The van der Waals surface area contributed by atoms with E-state index in [0.29, 0.717) is 23.8 Å². The molecule has 6 nitrogen and oxygen atoms in total. The Morgan fingerprint density at radius 2 is 1.67 bits per heavy atom. The molecule has 0 saturated heterocycles. The number of benzene rings is 2. The second kappa shape index (κ2) is 11.2. The van der Waals surface area contributed by atoms with Gasteiger partial charge in [-0.15, -0.1) is 0 Å². The quantitative estimate of drug-likeness (QED) is 0.299. The van der Waals surface area contributed by atoms with Crippen molar-refractivity contribution in [2.45, 2.75) is 46.3 Å². The van der Waals surface area contributed by atoms with Gasteiger partial charge in [-0.3, -0.25) is 0 Å². The molecule has 9 heteroatoms. The summed E-state index contributed by atoms with van der Waals surface area (Å²) >= 11 is 0. The van der Waals surface area contributed by atoms with Crippen molar-refractivity contribution in [3.63, 3.8) is 0 Å². The average molecular weight is 498 g/mol. The van der Waals surface area contributed by atoms with Gasteiger partial charge in [-0.25, -0.2) is 15.0 Å². The molecule has 0 saturated carbocycles. The first kappa shape index (κ1) is 26.7. The van der Waals surface area contributed by atoms with Crippen molar-refractivity contribution in [1.29, 1.82) is 0 Å². The first-order chi connectivity index (χ1) is 17.1. The Kier molecular flexibility index (Phi) is 8.34. The highest BCUT2D eigenvalue weighted by Crippen LogP contribution is 2.31. The van der Waals surface area contributed by atoms with Gasteiger partial charge in [-0.2, -0.15) is 13.2 Å². The summed E-state index contributed by atoms with van der Waals surface area (Å²) in [4.78, 5) is 12.5. The first-order valence-corrected chi connectivity index (χ1v) is 11.7. The molecule has 4 aromatic rings. The van der Waals surface area contributed by atoms with Crippen LogP contribution in [0.2, 0.25) is 0 Å². The van der Waals surface area contributed by atoms with Gasteiger partial charge in [-0.05, 0) is 17.0 Å². The van der Waals surface area contributed by atoms with Crippen molar-refractivity contribution < 1.29 is 18.3 Å². The summed E-state index contributed by atoms with van der Waals surface area (Å²) < 4.78 is 40.2. The van der Waals surface area contributed by atoms with Crippen molar-refractivity contribution in [3.8, 4) is 28.5 Å². The lowest BCUT2D eigenvalue weighted by Gasteiger charge is -2.13. The number of aromatic hydroxyl groups is 1. The van der Waals surface area contributed by atoms with E-state index in [1.165, 1.54) is 17.8 Å². The highest BCUT2D eigenvalue weighted by Gasteiger charge is 2.34. The molecule has 36 heavy (non-hydrogen) atoms. The third kappa shape index (κ3) is 6.02. The van der Waals surface area contributed by atoms with Gasteiger partial charge in [0.2, 0.25) is 0 Å². The van der Waals surface area contributed by atoms with Gasteiger partial charge in [0, 0.05) is 30.9 Å². The molecule has 0 unspecified atom stereocenters. The number of anilines is 1. The minimum atomic E-state index is -4.49. The summed E-state index contributed by atoms with van der Waals surface area (Å²) in [5, 5.41) is 13.4. The van der Waals surface area contributed by atoms with Gasteiger partial charge in [0.15, 0.2) is 23.1 Å². The Bertz CT molecular complexity index is 1300. The molecule has 2 aromatic heterocycles. The molecule has 190 valence electrons. The van der Waals surface area contributed by atoms with Gasteiger partial charge in [0.05, 0.1) is 6.20 Å². The molecule has 2 heterocycles. The molecule has 2 aromatic carbocycles. The van der Waals surface area contributed by atoms with Crippen molar-refractivity contribution in [2.24, 2.45) is 7.05 Å². The van der Waals surface area contributed by atoms with E-state index in [9.17, 15) is 18.3 Å². The van der Waals surface area contributed by atoms with Gasteiger partial charge in [-0.1, -0.05) is 76.2 Å². The lowest BCUT2D eigenvalue weighted by Crippen LogP contribution is -2.05. The predicted octanol–water partition coefficient (Wildman–Crippen LogP) is 7.03. The monoisotopic (exact) mass is 497 g/mol. The van der Waals surface area contributed by atoms with Crippen molar-refractivity contribution in [1.82, 2.24) is 19.5 Å². The van der Waals surface area contributed by atoms with Gasteiger partial charge >= 0.3 is 6.18 Å². The molecule has 0 bridgehead atoms. The van der Waals surface area contributed by atoms with Crippen LogP contribution in [0.4, 0.5) is 19.0 Å². The van der Waals surface area contributed by atoms with E-state index in [1.54, 1.807) is 24.3 Å². The standard InChI is InChI=1S/C25H24F3N5O.C2H6/c1-15(2)18-6-4-5-7-19(18)22-30-13-20(34)23(32-22)29-12-16-8-10-17(11-9-16)24-31-21(14-33(24)3)25(26,27)28;1-2/h4-11,13-15,34H,12H2,1-3H3,(H,29,30,32);1-2H3. The van der Waals surface area contributed by atoms with E-state index in [1.807, 2.05) is 38.1 Å². The third-order valence-corrected chi connectivity index (χ3v) is 5.43. The Morgan fingerprint density at radius 1 is 1.00 bits per heavy atom. The largest absolute Gasteiger partial charge is 0.503 e. The summed E-state index contributed by atoms with van der Waals surface area (Å²) in [6.45, 7) is 8.54. The van der Waals surface area contributed by atoms with Crippen molar-refractivity contribution >= 4 is 5.82 Å². The molecule has 0 radical (unpaired) electrons. The SMILES string of the molecule is CC.CC(C)c1ccccc1-c1ncc(O)c(NCc2ccc(-c3nc(C(F)(F)F)cn3C)cc2)n1. The number of hydrogen-bond donors (Lipinski definition) is 2. The summed E-state index contributed by atoms with van der Waals surface area (Å²) in [5.41, 5.74) is 2.51. The Balaban J connectivity index is 0.00000176. The number of nitrogens with one attached hydrogen (secondary N) is 1. The maximum Gasteiger partial charge on any atom is 0.434 e. The van der Waals surface area contributed by atoms with Crippen LogP contribution in [0, 0.1) is 0 Å². The number of aromatic nitrogens is 4. The van der Waals surface area contributed by atoms with Crippen molar-refractivity contribution in [2.75, 3.05) is 5.32 Å². The highest BCUT2D eigenvalue weighted by molar-refractivity contribution is 5.64. The van der Waals surface area contributed by atoms with Crippen molar-refractivity contribution in [3.05, 3.63) is 77.7 Å². The van der Waals surface area contributed by atoms with Crippen LogP contribution in [0.3, 0.4) is 0 Å². The zero-order valence-corrected chi connectivity index (χ0v) is 20.9. The molecule has 2 N–H and O–H groups in total. The Hall–Kier alpha value is -3.88. The van der Waals surface area contributed by atoms with E-state index in [4.69, 9.17) is 0 Å². The summed E-state index contributed by atoms with van der Waals surface area (Å²) in [6, 6.07) is 14.9. The second-order valence-corrected chi connectivity index (χ2v) is 8.28. The van der Waals surface area contributed by atoms with Crippen LogP contribution in [0.25, 0.3) is 22.8 Å². The minimum absolute atomic E-state index is 0.0740. The Morgan fingerprint density at radius 3 is 2.28 bits per heavy atom. The number of rotatable bonds is 6. The number of nitrogens with zero attached hydrogens (tertiary/aromatic N) is 4. The molecule has 0 amide bonds. The van der Waals surface area contributed by atoms with E-state index in [2.05, 4.69) is 34.1 Å². The molecular weight excluding hydrogens is 467 g/mol. The molecule has 0 aliphatic heterocycles. The fourth-order valence-electron chi connectivity index (χ4n) is 3.67. The maximum atomic E-state index is 12.9. The lowest BCUT2D eigenvalue weighted by atomic mass is 9.97. The fourth-order valence-corrected chi connectivity index (χ4v) is 3.67. The van der Waals surface area contributed by atoms with Crippen LogP contribution < -0.4 is 5.32 Å². The summed E-state index contributed by atoms with van der Waals surface area (Å²) in [6.07, 6.45) is -2.16. The van der Waals surface area contributed by atoms with Gasteiger partial charge in [0.1, 0.15) is 5.82 Å². The van der Waals surface area contributed by atoms with Crippen LogP contribution in [0.5, 0.6) is 5.75 Å². The number of hydrogen-bond acceptors (Lipinski definition) is 5. The molecule has 4 rings (SSSR count). The molecular formula is C27H30F3N5O. The summed E-state index contributed by atoms with van der Waals surface area (Å²) in [7, 11) is 1.53. The average Bonchev–Trinajstić information content (AvgIpc) is 3.27. The molecule has 0 fully saturated rings. The zero-order chi connectivity index (χ0) is 26.5. The van der Waals surface area contributed by atoms with E-state index >= 15 is 0 Å². The zero-order valence-electron chi connectivity index (χ0n) is 20.9. The normalized spacial score (nSPS) is 11.2. The topological polar surface area (TPSA) is 75.9 Å². The minimum Gasteiger partial charge on any atom is -0.503 e. The molecule has 0 aliphatic carbocycles. The number of imidazole rings is 1. The second-order valence-electron chi connectivity index (χ2n) is 8.28. The molecule has 0 aliphatic rings. The first-order valence-electron chi connectivity index (χ1n) is 11.7. The molecule has 0 spiro atoms. The summed E-state index contributed by atoms with van der Waals surface area (Å²) in [5.74, 6) is 1.25. The van der Waals surface area contributed by atoms with Crippen LogP contribution in [0.15, 0.2) is 60.9 Å².